The number of nitrogens with one attached hydrogen (secondary N) is 1. The number of rotatable bonds is 9. The zero-order chi connectivity index (χ0) is 21.5. The van der Waals surface area contributed by atoms with Crippen LogP contribution in [-0.4, -0.2) is 62.6 Å². The number of benzene rings is 1. The van der Waals surface area contributed by atoms with Gasteiger partial charge in [-0.1, -0.05) is 23.2 Å². The number of hydrogen-bond acceptors (Lipinski definition) is 7. The van der Waals surface area contributed by atoms with E-state index in [1.807, 2.05) is 10.8 Å². The number of carbonyl (C=O) groups is 2. The summed E-state index contributed by atoms with van der Waals surface area (Å²) in [4.78, 5) is 24.9. The molecule has 0 spiro atoms. The lowest BCUT2D eigenvalue weighted by Gasteiger charge is -2.21. The van der Waals surface area contributed by atoms with Crippen LogP contribution < -0.4 is 4.72 Å². The molecular weight excluding hydrogens is 433 g/mol. The van der Waals surface area contributed by atoms with Gasteiger partial charge in [-0.2, -0.15) is 9.98 Å². The molecule has 0 unspecified atom stereocenters. The zero-order valence-electron chi connectivity index (χ0n) is 15.1. The zero-order valence-corrected chi connectivity index (χ0v) is 17.4. The second-order valence-electron chi connectivity index (χ2n) is 5.75. The van der Waals surface area contributed by atoms with E-state index in [4.69, 9.17) is 33.2 Å². The average Bonchev–Trinajstić information content (AvgIpc) is 2.63. The Kier molecular flexibility index (Phi) is 9.13. The highest BCUT2D eigenvalue weighted by Gasteiger charge is 2.31. The van der Waals surface area contributed by atoms with Gasteiger partial charge in [-0.15, -0.1) is 0 Å². The molecule has 0 saturated carbocycles. The number of nitriles is 1. The van der Waals surface area contributed by atoms with Crippen molar-refractivity contribution in [2.24, 2.45) is 0 Å². The Bertz CT molecular complexity index is 870. The first-order valence-corrected chi connectivity index (χ1v) is 10.2. The van der Waals surface area contributed by atoms with Crippen LogP contribution in [0.4, 0.5) is 0 Å². The van der Waals surface area contributed by atoms with Crippen molar-refractivity contribution in [2.75, 3.05) is 20.2 Å². The lowest BCUT2D eigenvalue weighted by molar-refractivity contribution is -0.154. The van der Waals surface area contributed by atoms with Gasteiger partial charge in [0, 0.05) is 13.6 Å². The maximum atomic E-state index is 12.4. The molecule has 0 aliphatic carbocycles. The van der Waals surface area contributed by atoms with Crippen LogP contribution in [0, 0.1) is 11.3 Å². The van der Waals surface area contributed by atoms with Crippen molar-refractivity contribution in [1.82, 2.24) is 9.62 Å². The lowest BCUT2D eigenvalue weighted by Crippen LogP contribution is -2.49. The normalized spacial score (nSPS) is 13.3. The van der Waals surface area contributed by atoms with Gasteiger partial charge in [-0.25, -0.2) is 8.42 Å². The SMILES string of the molecule is C[C@@H](O)[C@H](NS(=O)(=O)c1ccc(Cl)c(Cl)c1)C(=O)OCC(=O)N(C)CCC#N. The Morgan fingerprint density at radius 1 is 1.36 bits per heavy atom. The molecule has 0 saturated heterocycles. The molecule has 0 aliphatic heterocycles. The molecule has 2 N–H and O–H groups in total. The molecule has 1 aromatic carbocycles. The van der Waals surface area contributed by atoms with E-state index < -0.39 is 40.7 Å². The number of esters is 1. The highest BCUT2D eigenvalue weighted by atomic mass is 35.5. The van der Waals surface area contributed by atoms with E-state index in [1.165, 1.54) is 31.0 Å². The van der Waals surface area contributed by atoms with Gasteiger partial charge in [-0.3, -0.25) is 9.59 Å². The van der Waals surface area contributed by atoms with Crippen LogP contribution in [0.15, 0.2) is 23.1 Å². The maximum absolute atomic E-state index is 12.4. The summed E-state index contributed by atoms with van der Waals surface area (Å²) in [5.74, 6) is -1.72. The molecule has 0 aromatic heterocycles. The molecule has 0 radical (unpaired) electrons. The molecule has 0 bridgehead atoms. The van der Waals surface area contributed by atoms with Crippen molar-refractivity contribution in [1.29, 1.82) is 5.26 Å². The van der Waals surface area contributed by atoms with Gasteiger partial charge < -0.3 is 14.7 Å². The first kappa shape index (κ1) is 24.1. The first-order valence-electron chi connectivity index (χ1n) is 7.92. The topological polar surface area (TPSA) is 137 Å². The molecule has 0 fully saturated rings. The van der Waals surface area contributed by atoms with Crippen LogP contribution in [0.3, 0.4) is 0 Å². The van der Waals surface area contributed by atoms with Crippen LogP contribution in [0.5, 0.6) is 0 Å². The van der Waals surface area contributed by atoms with E-state index in [0.29, 0.717) is 0 Å². The summed E-state index contributed by atoms with van der Waals surface area (Å²) in [5.41, 5.74) is 0. The fraction of sp³-hybridized carbons (Fsp3) is 0.438. The number of likely N-dealkylation sites (N-methyl/N-ethyl adjacent to an activating group) is 1. The molecule has 0 heterocycles. The van der Waals surface area contributed by atoms with E-state index in [1.54, 1.807) is 0 Å². The molecule has 12 heteroatoms. The van der Waals surface area contributed by atoms with Crippen LogP contribution in [-0.2, 0) is 24.3 Å². The highest BCUT2D eigenvalue weighted by molar-refractivity contribution is 7.89. The van der Waals surface area contributed by atoms with Gasteiger partial charge in [0.15, 0.2) is 6.61 Å². The lowest BCUT2D eigenvalue weighted by atomic mass is 10.2. The number of amides is 1. The van der Waals surface area contributed by atoms with Gasteiger partial charge in [0.25, 0.3) is 5.91 Å². The molecule has 0 aliphatic rings. The Morgan fingerprint density at radius 2 is 2.00 bits per heavy atom. The molecule has 28 heavy (non-hydrogen) atoms. The minimum atomic E-state index is -4.24. The van der Waals surface area contributed by atoms with Gasteiger partial charge in [0.2, 0.25) is 10.0 Å². The fourth-order valence-electron chi connectivity index (χ4n) is 1.90. The number of hydrogen-bond donors (Lipinski definition) is 2. The average molecular weight is 452 g/mol. The minimum Gasteiger partial charge on any atom is -0.454 e. The number of nitrogens with zero attached hydrogens (tertiary/aromatic N) is 2. The molecule has 9 nitrogen and oxygen atoms in total. The summed E-state index contributed by atoms with van der Waals surface area (Å²) in [7, 11) is -2.82. The highest BCUT2D eigenvalue weighted by Crippen LogP contribution is 2.25. The molecule has 1 amide bonds. The van der Waals surface area contributed by atoms with Crippen molar-refractivity contribution in [3.05, 3.63) is 28.2 Å². The van der Waals surface area contributed by atoms with E-state index >= 15 is 0 Å². The number of carbonyl (C=O) groups excluding carboxylic acids is 2. The van der Waals surface area contributed by atoms with Crippen LogP contribution >= 0.6 is 23.2 Å². The fourth-order valence-corrected chi connectivity index (χ4v) is 3.54. The van der Waals surface area contributed by atoms with E-state index in [-0.39, 0.29) is 27.9 Å². The van der Waals surface area contributed by atoms with Crippen molar-refractivity contribution in [3.63, 3.8) is 0 Å². The Labute approximate surface area is 172 Å². The summed E-state index contributed by atoms with van der Waals surface area (Å²) in [6.07, 6.45) is -1.34. The third kappa shape index (κ3) is 6.92. The van der Waals surface area contributed by atoms with E-state index in [9.17, 15) is 23.1 Å². The van der Waals surface area contributed by atoms with Crippen LogP contribution in [0.1, 0.15) is 13.3 Å². The molecule has 2 atom stereocenters. The number of aliphatic hydroxyl groups excluding tert-OH is 1. The Hall–Kier alpha value is -1.90. The number of sulfonamides is 1. The van der Waals surface area contributed by atoms with Crippen molar-refractivity contribution in [3.8, 4) is 6.07 Å². The van der Waals surface area contributed by atoms with Gasteiger partial charge >= 0.3 is 5.97 Å². The molecule has 1 aromatic rings. The Balaban J connectivity index is 2.84. The molecule has 1 rings (SSSR count). The predicted molar refractivity (Wildman–Crippen MR) is 101 cm³/mol. The summed E-state index contributed by atoms with van der Waals surface area (Å²) >= 11 is 11.6. The standard InChI is InChI=1S/C16H19Cl2N3O6S/c1-10(22)15(16(24)27-9-14(23)21(2)7-3-6-19)20-28(25,26)11-4-5-12(17)13(18)8-11/h4-5,8,10,15,20,22H,3,7,9H2,1-2H3/t10-,15+/m1/s1. The monoisotopic (exact) mass is 451 g/mol. The summed E-state index contributed by atoms with van der Waals surface area (Å²) < 4.78 is 31.7. The largest absolute Gasteiger partial charge is 0.454 e. The van der Waals surface area contributed by atoms with Crippen molar-refractivity contribution >= 4 is 45.1 Å². The van der Waals surface area contributed by atoms with Crippen LogP contribution in [0.25, 0.3) is 0 Å². The third-order valence-electron chi connectivity index (χ3n) is 3.54. The van der Waals surface area contributed by atoms with Gasteiger partial charge in [-0.05, 0) is 25.1 Å². The van der Waals surface area contributed by atoms with E-state index in [2.05, 4.69) is 0 Å². The quantitative estimate of drug-likeness (QED) is 0.532. The molecular formula is C16H19Cl2N3O6S. The Morgan fingerprint density at radius 3 is 2.54 bits per heavy atom. The number of halogens is 2. The maximum Gasteiger partial charge on any atom is 0.327 e. The summed E-state index contributed by atoms with van der Waals surface area (Å²) in [5, 5.41) is 18.4. The first-order chi connectivity index (χ1) is 13.0. The van der Waals surface area contributed by atoms with Crippen molar-refractivity contribution < 1.29 is 27.9 Å². The third-order valence-corrected chi connectivity index (χ3v) is 5.72. The molecule has 154 valence electrons. The minimum absolute atomic E-state index is 0.00767. The summed E-state index contributed by atoms with van der Waals surface area (Å²) in [6, 6.07) is 3.75. The van der Waals surface area contributed by atoms with E-state index in [0.717, 1.165) is 6.07 Å². The van der Waals surface area contributed by atoms with Gasteiger partial charge in [0.1, 0.15) is 6.04 Å². The second kappa shape index (κ2) is 10.6. The smallest absolute Gasteiger partial charge is 0.327 e. The second-order valence-corrected chi connectivity index (χ2v) is 8.27. The number of ether oxygens (including phenoxy) is 1. The summed E-state index contributed by atoms with van der Waals surface area (Å²) in [6.45, 7) is 0.666. The van der Waals surface area contributed by atoms with Crippen molar-refractivity contribution in [2.45, 2.75) is 30.4 Å². The van der Waals surface area contributed by atoms with Gasteiger partial charge in [0.05, 0.1) is 33.5 Å². The number of aliphatic hydroxyl groups is 1. The predicted octanol–water partition coefficient (Wildman–Crippen LogP) is 0.936. The van der Waals surface area contributed by atoms with Crippen LogP contribution in [0.2, 0.25) is 10.0 Å².